The molecule has 1 saturated carbocycles. The Labute approximate surface area is 136 Å². The molecule has 3 rings (SSSR count). The van der Waals surface area contributed by atoms with E-state index in [0.29, 0.717) is 17.5 Å². The second-order valence-electron chi connectivity index (χ2n) is 6.48. The van der Waals surface area contributed by atoms with Crippen LogP contribution in [-0.2, 0) is 11.2 Å². The zero-order valence-electron chi connectivity index (χ0n) is 12.7. The molecule has 1 N–H and O–H groups in total. The van der Waals surface area contributed by atoms with Gasteiger partial charge < -0.3 is 10.0 Å². The average molecular weight is 320 g/mol. The quantitative estimate of drug-likeness (QED) is 0.857. The highest BCUT2D eigenvalue weighted by Crippen LogP contribution is 2.33. The summed E-state index contributed by atoms with van der Waals surface area (Å²) in [6.07, 6.45) is 5.75. The van der Waals surface area contributed by atoms with E-state index in [1.807, 2.05) is 6.07 Å². The van der Waals surface area contributed by atoms with E-state index in [-0.39, 0.29) is 17.6 Å². The smallest absolute Gasteiger partial charge is 0.226 e. The molecule has 0 spiro atoms. The van der Waals surface area contributed by atoms with Gasteiger partial charge in [-0.2, -0.15) is 0 Å². The summed E-state index contributed by atoms with van der Waals surface area (Å²) in [4.78, 5) is 14.8. The summed E-state index contributed by atoms with van der Waals surface area (Å²) in [6.45, 7) is 4.90. The first kappa shape index (κ1) is 15.4. The number of hydrogen-bond acceptors (Lipinski definition) is 2. The minimum Gasteiger partial charge on any atom is -0.508 e. The number of allylic oxidation sites excluding steroid dienone is 1. The maximum Gasteiger partial charge on any atom is 0.226 e. The number of hydrogen-bond donors (Lipinski definition) is 1. The van der Waals surface area contributed by atoms with E-state index in [0.717, 1.165) is 44.2 Å². The third-order valence-corrected chi connectivity index (χ3v) is 5.31. The van der Waals surface area contributed by atoms with E-state index < -0.39 is 0 Å². The van der Waals surface area contributed by atoms with Gasteiger partial charge in [0.25, 0.3) is 0 Å². The van der Waals surface area contributed by atoms with E-state index in [4.69, 9.17) is 11.6 Å². The van der Waals surface area contributed by atoms with Crippen LogP contribution in [0.4, 0.5) is 0 Å². The fourth-order valence-electron chi connectivity index (χ4n) is 3.60. The lowest BCUT2D eigenvalue weighted by atomic mass is 9.91. The van der Waals surface area contributed by atoms with Crippen molar-refractivity contribution in [1.29, 1.82) is 0 Å². The Morgan fingerprint density at radius 2 is 2.00 bits per heavy atom. The molecule has 2 fully saturated rings. The normalized spacial score (nSPS) is 23.3. The summed E-state index contributed by atoms with van der Waals surface area (Å²) in [5.74, 6) is 0.449. The van der Waals surface area contributed by atoms with Crippen LogP contribution >= 0.6 is 11.6 Å². The first-order valence-corrected chi connectivity index (χ1v) is 8.37. The lowest BCUT2D eigenvalue weighted by molar-refractivity contribution is -0.133. The predicted octanol–water partition coefficient (Wildman–Crippen LogP) is 3.94. The number of halogens is 1. The van der Waals surface area contributed by atoms with Crippen LogP contribution < -0.4 is 0 Å². The van der Waals surface area contributed by atoms with Crippen molar-refractivity contribution in [1.82, 2.24) is 4.90 Å². The van der Waals surface area contributed by atoms with Crippen molar-refractivity contribution in [3.63, 3.8) is 0 Å². The first-order chi connectivity index (χ1) is 10.5. The highest BCUT2D eigenvalue weighted by atomic mass is 35.5. The van der Waals surface area contributed by atoms with Crippen molar-refractivity contribution in [2.45, 2.75) is 44.6 Å². The van der Waals surface area contributed by atoms with Crippen LogP contribution in [0, 0.1) is 5.92 Å². The molecule has 4 heteroatoms. The molecule has 1 atom stereocenters. The van der Waals surface area contributed by atoms with Gasteiger partial charge in [-0.25, -0.2) is 0 Å². The largest absolute Gasteiger partial charge is 0.508 e. The van der Waals surface area contributed by atoms with Crippen molar-refractivity contribution in [2.24, 2.45) is 5.92 Å². The molecule has 1 aliphatic heterocycles. The standard InChI is InChI=1S/C18H22ClNO2/c1-12-2-5-15(6-3-12)20-9-8-14(18(20)22)10-13-4-7-16(21)11-17(13)19/h4,7,11,14-15,21H,1-3,5-6,8-10H2. The monoisotopic (exact) mass is 319 g/mol. The zero-order chi connectivity index (χ0) is 15.7. The zero-order valence-corrected chi connectivity index (χ0v) is 13.5. The lowest BCUT2D eigenvalue weighted by Gasteiger charge is -2.32. The van der Waals surface area contributed by atoms with Crippen molar-refractivity contribution in [3.8, 4) is 5.75 Å². The fourth-order valence-corrected chi connectivity index (χ4v) is 3.86. The molecule has 0 radical (unpaired) electrons. The number of amides is 1. The first-order valence-electron chi connectivity index (χ1n) is 7.99. The van der Waals surface area contributed by atoms with Gasteiger partial charge in [-0.3, -0.25) is 4.79 Å². The molecule has 1 unspecified atom stereocenters. The maximum atomic E-state index is 12.7. The molecule has 3 nitrogen and oxygen atoms in total. The number of benzene rings is 1. The van der Waals surface area contributed by atoms with Gasteiger partial charge >= 0.3 is 0 Å². The molecule has 0 bridgehead atoms. The van der Waals surface area contributed by atoms with Gasteiger partial charge in [-0.15, -0.1) is 0 Å². The van der Waals surface area contributed by atoms with Crippen LogP contribution in [0.15, 0.2) is 30.4 Å². The van der Waals surface area contributed by atoms with E-state index in [2.05, 4.69) is 11.5 Å². The van der Waals surface area contributed by atoms with Crippen LogP contribution in [0.25, 0.3) is 0 Å². The van der Waals surface area contributed by atoms with E-state index in [1.165, 1.54) is 5.57 Å². The van der Waals surface area contributed by atoms with Gasteiger partial charge in [0.05, 0.1) is 0 Å². The lowest BCUT2D eigenvalue weighted by Crippen LogP contribution is -2.39. The van der Waals surface area contributed by atoms with Gasteiger partial charge in [0, 0.05) is 23.5 Å². The minimum atomic E-state index is 0.0205. The van der Waals surface area contributed by atoms with Gasteiger partial charge in [0.2, 0.25) is 5.91 Å². The molecule has 118 valence electrons. The summed E-state index contributed by atoms with van der Waals surface area (Å²) < 4.78 is 0. The second kappa shape index (κ2) is 6.33. The van der Waals surface area contributed by atoms with Crippen LogP contribution in [0.2, 0.25) is 5.02 Å². The summed E-state index contributed by atoms with van der Waals surface area (Å²) in [5, 5.41) is 9.96. The van der Waals surface area contributed by atoms with Crippen LogP contribution in [0.5, 0.6) is 5.75 Å². The van der Waals surface area contributed by atoms with Crippen molar-refractivity contribution in [2.75, 3.05) is 6.54 Å². The molecule has 1 heterocycles. The maximum absolute atomic E-state index is 12.7. The predicted molar refractivity (Wildman–Crippen MR) is 88.0 cm³/mol. The Morgan fingerprint density at radius 1 is 1.27 bits per heavy atom. The van der Waals surface area contributed by atoms with Gasteiger partial charge in [-0.05, 0) is 56.2 Å². The van der Waals surface area contributed by atoms with Crippen LogP contribution in [0.3, 0.4) is 0 Å². The van der Waals surface area contributed by atoms with Crippen molar-refractivity contribution < 1.29 is 9.90 Å². The molecule has 1 saturated heterocycles. The Kier molecular flexibility index (Phi) is 4.44. The Balaban J connectivity index is 1.65. The van der Waals surface area contributed by atoms with Crippen molar-refractivity contribution in [3.05, 3.63) is 40.9 Å². The summed E-state index contributed by atoms with van der Waals surface area (Å²) in [6, 6.07) is 5.38. The molecule has 1 aliphatic carbocycles. The molecule has 1 amide bonds. The highest BCUT2D eigenvalue weighted by molar-refractivity contribution is 6.31. The van der Waals surface area contributed by atoms with Crippen molar-refractivity contribution >= 4 is 17.5 Å². The number of likely N-dealkylation sites (tertiary alicyclic amines) is 1. The molecule has 1 aromatic carbocycles. The molecular weight excluding hydrogens is 298 g/mol. The average Bonchev–Trinajstić information content (AvgIpc) is 2.84. The Morgan fingerprint density at radius 3 is 2.68 bits per heavy atom. The molecular formula is C18H22ClNO2. The number of carbonyl (C=O) groups is 1. The topological polar surface area (TPSA) is 40.5 Å². The third-order valence-electron chi connectivity index (χ3n) is 4.96. The minimum absolute atomic E-state index is 0.0205. The molecule has 1 aromatic rings. The van der Waals surface area contributed by atoms with E-state index in [1.54, 1.807) is 12.1 Å². The molecule has 2 aliphatic rings. The highest BCUT2D eigenvalue weighted by Gasteiger charge is 2.36. The SMILES string of the molecule is C=C1CCC(N2CCC(Cc3ccc(O)cc3Cl)C2=O)CC1. The van der Waals surface area contributed by atoms with Gasteiger partial charge in [-0.1, -0.05) is 29.8 Å². The van der Waals surface area contributed by atoms with Crippen LogP contribution in [-0.4, -0.2) is 28.5 Å². The van der Waals surface area contributed by atoms with E-state index in [9.17, 15) is 9.90 Å². The van der Waals surface area contributed by atoms with Crippen LogP contribution in [0.1, 0.15) is 37.7 Å². The number of phenolic OH excluding ortho intramolecular Hbond substituents is 1. The fraction of sp³-hybridized carbons (Fsp3) is 0.500. The number of carbonyl (C=O) groups excluding carboxylic acids is 1. The number of rotatable bonds is 3. The second-order valence-corrected chi connectivity index (χ2v) is 6.89. The molecule has 0 aromatic heterocycles. The third kappa shape index (κ3) is 3.14. The van der Waals surface area contributed by atoms with E-state index >= 15 is 0 Å². The Hall–Kier alpha value is -1.48. The number of phenols is 1. The summed E-state index contributed by atoms with van der Waals surface area (Å²) in [7, 11) is 0. The van der Waals surface area contributed by atoms with Gasteiger partial charge in [0.1, 0.15) is 5.75 Å². The Bertz CT molecular complexity index is 589. The summed E-state index contributed by atoms with van der Waals surface area (Å²) in [5.41, 5.74) is 2.26. The number of aromatic hydroxyl groups is 1. The summed E-state index contributed by atoms with van der Waals surface area (Å²) >= 11 is 6.16. The van der Waals surface area contributed by atoms with Gasteiger partial charge in [0.15, 0.2) is 0 Å². The molecule has 22 heavy (non-hydrogen) atoms. The number of nitrogens with zero attached hydrogens (tertiary/aromatic N) is 1.